The Hall–Kier alpha value is -0.510. The number of rotatable bonds is 4. The van der Waals surface area contributed by atoms with Gasteiger partial charge in [0.25, 0.3) is 0 Å². The molecule has 1 N–H and O–H groups in total. The lowest BCUT2D eigenvalue weighted by molar-refractivity contribution is 0.318. The van der Waals surface area contributed by atoms with E-state index < -0.39 is 0 Å². The van der Waals surface area contributed by atoms with Crippen LogP contribution in [0.2, 0.25) is 0 Å². The number of aliphatic imine (C=N–C) groups is 1. The molecule has 0 aliphatic carbocycles. The third-order valence-corrected chi connectivity index (χ3v) is 2.42. The zero-order valence-corrected chi connectivity index (χ0v) is 7.98. The molecule has 0 aromatic rings. The molecule has 11 heavy (non-hydrogen) atoms. The van der Waals surface area contributed by atoms with Gasteiger partial charge in [-0.2, -0.15) is 0 Å². The second-order valence-electron chi connectivity index (χ2n) is 2.29. The van der Waals surface area contributed by atoms with E-state index in [1.165, 1.54) is 0 Å². The molecule has 0 amide bonds. The summed E-state index contributed by atoms with van der Waals surface area (Å²) in [5, 5.41) is 11.4. The van der Waals surface area contributed by atoms with Gasteiger partial charge in [-0.1, -0.05) is 5.16 Å². The largest absolute Gasteiger partial charge is 0.411 e. The van der Waals surface area contributed by atoms with Gasteiger partial charge in [-0.25, -0.2) is 0 Å². The van der Waals surface area contributed by atoms with Crippen LogP contribution in [0, 0.1) is 0 Å². The predicted octanol–water partition coefficient (Wildman–Crippen LogP) is 1.66. The maximum Gasteiger partial charge on any atom is 0.0638 e. The number of hydrogen-bond donors (Lipinski definition) is 1. The average molecular weight is 174 g/mol. The SMILES string of the molecule is CN=C(C)CSC/C(C)=N/O. The van der Waals surface area contributed by atoms with E-state index in [-0.39, 0.29) is 0 Å². The Morgan fingerprint density at radius 1 is 1.27 bits per heavy atom. The monoisotopic (exact) mass is 174 g/mol. The lowest BCUT2D eigenvalue weighted by Crippen LogP contribution is -2.00. The molecule has 0 aromatic heterocycles. The lowest BCUT2D eigenvalue weighted by atomic mass is 10.5. The van der Waals surface area contributed by atoms with Gasteiger partial charge in [0.1, 0.15) is 0 Å². The van der Waals surface area contributed by atoms with E-state index in [0.29, 0.717) is 0 Å². The minimum Gasteiger partial charge on any atom is -0.411 e. The molecule has 0 spiro atoms. The molecule has 64 valence electrons. The van der Waals surface area contributed by atoms with E-state index in [4.69, 9.17) is 5.21 Å². The van der Waals surface area contributed by atoms with Crippen LogP contribution in [0.25, 0.3) is 0 Å². The second-order valence-corrected chi connectivity index (χ2v) is 3.27. The topological polar surface area (TPSA) is 45.0 Å². The van der Waals surface area contributed by atoms with Gasteiger partial charge < -0.3 is 5.21 Å². The average Bonchev–Trinajstić information content (AvgIpc) is 2.04. The van der Waals surface area contributed by atoms with Crippen molar-refractivity contribution in [2.45, 2.75) is 13.8 Å². The summed E-state index contributed by atoms with van der Waals surface area (Å²) in [4.78, 5) is 4.00. The number of nitrogens with zero attached hydrogens (tertiary/aromatic N) is 2. The van der Waals surface area contributed by atoms with Crippen LogP contribution in [0.4, 0.5) is 0 Å². The number of hydrogen-bond acceptors (Lipinski definition) is 4. The fourth-order valence-corrected chi connectivity index (χ4v) is 1.32. The highest BCUT2D eigenvalue weighted by Gasteiger charge is 1.94. The normalized spacial score (nSPS) is 13.7. The van der Waals surface area contributed by atoms with Gasteiger partial charge in [-0.05, 0) is 13.8 Å². The minimum atomic E-state index is 0.749. The Kier molecular flexibility index (Phi) is 5.93. The van der Waals surface area contributed by atoms with E-state index in [1.54, 1.807) is 25.7 Å². The van der Waals surface area contributed by atoms with E-state index in [0.717, 1.165) is 22.9 Å². The smallest absolute Gasteiger partial charge is 0.0638 e. The fraction of sp³-hybridized carbons (Fsp3) is 0.714. The molecule has 0 saturated carbocycles. The summed E-state index contributed by atoms with van der Waals surface area (Å²) in [6.45, 7) is 3.78. The summed E-state index contributed by atoms with van der Waals surface area (Å²) in [5.41, 5.74) is 1.86. The lowest BCUT2D eigenvalue weighted by Gasteiger charge is -1.98. The minimum absolute atomic E-state index is 0.749. The molecule has 0 rings (SSSR count). The zero-order chi connectivity index (χ0) is 8.69. The molecular formula is C7H14N2OS. The van der Waals surface area contributed by atoms with Gasteiger partial charge in [0.05, 0.1) is 5.71 Å². The van der Waals surface area contributed by atoms with Gasteiger partial charge in [-0.3, -0.25) is 4.99 Å². The summed E-state index contributed by atoms with van der Waals surface area (Å²) in [5.74, 6) is 1.67. The Labute approximate surface area is 71.6 Å². The van der Waals surface area contributed by atoms with Crippen molar-refractivity contribution in [3.63, 3.8) is 0 Å². The predicted molar refractivity (Wildman–Crippen MR) is 51.3 cm³/mol. The molecule has 4 heteroatoms. The van der Waals surface area contributed by atoms with Crippen molar-refractivity contribution in [2.24, 2.45) is 10.1 Å². The molecule has 3 nitrogen and oxygen atoms in total. The Bertz CT molecular complexity index is 148. The van der Waals surface area contributed by atoms with Gasteiger partial charge in [0, 0.05) is 24.3 Å². The summed E-state index contributed by atoms with van der Waals surface area (Å²) in [6.07, 6.45) is 0. The molecule has 0 fully saturated rings. The van der Waals surface area contributed by atoms with Crippen molar-refractivity contribution >= 4 is 23.2 Å². The quantitative estimate of drug-likeness (QED) is 0.400. The summed E-state index contributed by atoms with van der Waals surface area (Å²) < 4.78 is 0. The molecule has 0 bridgehead atoms. The van der Waals surface area contributed by atoms with Gasteiger partial charge in [0.15, 0.2) is 0 Å². The van der Waals surface area contributed by atoms with Crippen LogP contribution in [0.5, 0.6) is 0 Å². The van der Waals surface area contributed by atoms with Gasteiger partial charge in [0.2, 0.25) is 0 Å². The number of thioether (sulfide) groups is 1. The van der Waals surface area contributed by atoms with Crippen LogP contribution in [0.3, 0.4) is 0 Å². The van der Waals surface area contributed by atoms with E-state index >= 15 is 0 Å². The highest BCUT2D eigenvalue weighted by Crippen LogP contribution is 2.01. The molecule has 0 aliphatic rings. The molecular weight excluding hydrogens is 160 g/mol. The van der Waals surface area contributed by atoms with Crippen LogP contribution in [0.1, 0.15) is 13.8 Å². The Morgan fingerprint density at radius 2 is 1.82 bits per heavy atom. The van der Waals surface area contributed by atoms with Crippen LogP contribution in [-0.2, 0) is 0 Å². The molecule has 0 aliphatic heterocycles. The summed E-state index contributed by atoms with van der Waals surface area (Å²) >= 11 is 1.70. The summed E-state index contributed by atoms with van der Waals surface area (Å²) in [7, 11) is 1.78. The first-order valence-corrected chi connectivity index (χ1v) is 4.53. The van der Waals surface area contributed by atoms with Gasteiger partial charge in [-0.15, -0.1) is 11.8 Å². The van der Waals surface area contributed by atoms with Crippen LogP contribution in [0.15, 0.2) is 10.1 Å². The first kappa shape index (κ1) is 10.5. The maximum absolute atomic E-state index is 8.30. The number of oxime groups is 1. The van der Waals surface area contributed by atoms with E-state index in [1.807, 2.05) is 6.92 Å². The Balaban J connectivity index is 3.43. The molecule has 0 aromatic carbocycles. The molecule has 0 unspecified atom stereocenters. The highest BCUT2D eigenvalue weighted by molar-refractivity contribution is 8.00. The Morgan fingerprint density at radius 3 is 2.27 bits per heavy atom. The molecule has 0 heterocycles. The first-order chi connectivity index (χ1) is 5.20. The fourth-order valence-electron chi connectivity index (χ4n) is 0.440. The van der Waals surface area contributed by atoms with Crippen molar-refractivity contribution in [3.05, 3.63) is 0 Å². The van der Waals surface area contributed by atoms with Crippen molar-refractivity contribution in [3.8, 4) is 0 Å². The van der Waals surface area contributed by atoms with Crippen molar-refractivity contribution in [2.75, 3.05) is 18.6 Å². The maximum atomic E-state index is 8.30. The van der Waals surface area contributed by atoms with Gasteiger partial charge >= 0.3 is 0 Å². The van der Waals surface area contributed by atoms with Crippen LogP contribution < -0.4 is 0 Å². The van der Waals surface area contributed by atoms with Crippen LogP contribution >= 0.6 is 11.8 Å². The first-order valence-electron chi connectivity index (χ1n) is 3.38. The van der Waals surface area contributed by atoms with Crippen molar-refractivity contribution in [1.29, 1.82) is 0 Å². The van der Waals surface area contributed by atoms with E-state index in [9.17, 15) is 0 Å². The zero-order valence-electron chi connectivity index (χ0n) is 7.16. The van der Waals surface area contributed by atoms with Crippen molar-refractivity contribution in [1.82, 2.24) is 0 Å². The third kappa shape index (κ3) is 5.91. The van der Waals surface area contributed by atoms with E-state index in [2.05, 4.69) is 10.1 Å². The highest BCUT2D eigenvalue weighted by atomic mass is 32.2. The molecule has 0 radical (unpaired) electrons. The van der Waals surface area contributed by atoms with Crippen LogP contribution in [-0.4, -0.2) is 35.2 Å². The van der Waals surface area contributed by atoms with Crippen molar-refractivity contribution < 1.29 is 5.21 Å². The third-order valence-electron chi connectivity index (χ3n) is 1.17. The summed E-state index contributed by atoms with van der Waals surface area (Å²) in [6, 6.07) is 0. The second kappa shape index (κ2) is 6.22. The molecule has 0 saturated heterocycles. The standard InChI is InChI=1S/C7H14N2OS/c1-6(8-3)4-11-5-7(2)9-10/h10H,4-5H2,1-3H3/b8-6?,9-7+. The molecule has 0 atom stereocenters.